The zero-order valence-corrected chi connectivity index (χ0v) is 10.4. The van der Waals surface area contributed by atoms with Crippen molar-refractivity contribution >= 4 is 16.9 Å². The van der Waals surface area contributed by atoms with Crippen molar-refractivity contribution < 1.29 is 19.7 Å². The second-order valence-corrected chi connectivity index (χ2v) is 4.23. The van der Waals surface area contributed by atoms with Crippen molar-refractivity contribution in [1.29, 1.82) is 0 Å². The first-order chi connectivity index (χ1) is 8.47. The molecule has 1 aromatic carbocycles. The lowest BCUT2D eigenvalue weighted by Gasteiger charge is -2.11. The predicted molar refractivity (Wildman–Crippen MR) is 66.4 cm³/mol. The first kappa shape index (κ1) is 12.4. The fourth-order valence-electron chi connectivity index (χ4n) is 2.03. The summed E-state index contributed by atoms with van der Waals surface area (Å²) in [5.41, 5.74) is 2.74. The van der Waals surface area contributed by atoms with Gasteiger partial charge in [-0.25, -0.2) is 4.79 Å². The zero-order chi connectivity index (χ0) is 13.4. The van der Waals surface area contributed by atoms with Crippen LogP contribution in [0.5, 0.6) is 5.75 Å². The summed E-state index contributed by atoms with van der Waals surface area (Å²) in [5, 5.41) is 20.6. The number of phenols is 1. The minimum atomic E-state index is -1.48. The van der Waals surface area contributed by atoms with Crippen molar-refractivity contribution in [2.45, 2.75) is 20.0 Å². The third-order valence-electron chi connectivity index (χ3n) is 3.19. The summed E-state index contributed by atoms with van der Waals surface area (Å²) in [6.45, 7) is 3.76. The molecule has 0 saturated heterocycles. The molecule has 0 aliphatic rings. The Kier molecular flexibility index (Phi) is 3.00. The molecule has 0 spiro atoms. The van der Waals surface area contributed by atoms with Crippen LogP contribution in [0, 0.1) is 13.8 Å². The van der Waals surface area contributed by atoms with Crippen LogP contribution in [-0.2, 0) is 9.53 Å². The van der Waals surface area contributed by atoms with E-state index in [2.05, 4.69) is 9.72 Å². The smallest absolute Gasteiger partial charge is 0.339 e. The number of nitrogens with one attached hydrogen (secondary N) is 1. The highest BCUT2D eigenvalue weighted by Gasteiger charge is 2.23. The van der Waals surface area contributed by atoms with E-state index in [0.717, 1.165) is 16.8 Å². The van der Waals surface area contributed by atoms with Gasteiger partial charge in [0.05, 0.1) is 7.11 Å². The Morgan fingerprint density at radius 2 is 2.06 bits per heavy atom. The van der Waals surface area contributed by atoms with Crippen LogP contribution in [0.25, 0.3) is 10.9 Å². The number of benzene rings is 1. The molecule has 96 valence electrons. The number of rotatable bonds is 2. The van der Waals surface area contributed by atoms with Gasteiger partial charge < -0.3 is 19.9 Å². The van der Waals surface area contributed by atoms with E-state index in [4.69, 9.17) is 0 Å². The van der Waals surface area contributed by atoms with Gasteiger partial charge in [0.2, 0.25) is 0 Å². The molecule has 2 rings (SSSR count). The summed E-state index contributed by atoms with van der Waals surface area (Å²) >= 11 is 0. The van der Waals surface area contributed by atoms with Crippen molar-refractivity contribution in [1.82, 2.24) is 4.98 Å². The number of aliphatic hydroxyl groups is 1. The average molecular weight is 249 g/mol. The van der Waals surface area contributed by atoms with Crippen LogP contribution in [0.1, 0.15) is 22.9 Å². The molecule has 0 radical (unpaired) electrons. The number of H-pyrrole nitrogens is 1. The first-order valence-corrected chi connectivity index (χ1v) is 5.54. The van der Waals surface area contributed by atoms with Crippen molar-refractivity contribution in [3.8, 4) is 5.75 Å². The second kappa shape index (κ2) is 4.34. The molecule has 5 nitrogen and oxygen atoms in total. The molecule has 1 aromatic heterocycles. The Morgan fingerprint density at radius 1 is 1.39 bits per heavy atom. The van der Waals surface area contributed by atoms with Gasteiger partial charge >= 0.3 is 5.97 Å². The van der Waals surface area contributed by atoms with Gasteiger partial charge in [-0.05, 0) is 25.5 Å². The van der Waals surface area contributed by atoms with Crippen molar-refractivity contribution in [3.63, 3.8) is 0 Å². The Labute approximate surface area is 104 Å². The SMILES string of the molecule is COC(=O)C(O)c1ccc2[nH]c(C)c(C)c2c1O. The molecule has 1 unspecified atom stereocenters. The van der Waals surface area contributed by atoms with Gasteiger partial charge in [0.25, 0.3) is 0 Å². The number of fused-ring (bicyclic) bond motifs is 1. The number of esters is 1. The van der Waals surface area contributed by atoms with E-state index in [0.29, 0.717) is 5.39 Å². The number of hydrogen-bond acceptors (Lipinski definition) is 4. The third-order valence-corrected chi connectivity index (χ3v) is 3.19. The number of carbonyl (C=O) groups is 1. The highest BCUT2D eigenvalue weighted by atomic mass is 16.5. The Bertz CT molecular complexity index is 615. The number of carbonyl (C=O) groups excluding carboxylic acids is 1. The topological polar surface area (TPSA) is 82.5 Å². The highest BCUT2D eigenvalue weighted by Crippen LogP contribution is 2.35. The van der Waals surface area contributed by atoms with Crippen LogP contribution < -0.4 is 0 Å². The van der Waals surface area contributed by atoms with Crippen molar-refractivity contribution in [2.24, 2.45) is 0 Å². The van der Waals surface area contributed by atoms with Gasteiger partial charge in [-0.3, -0.25) is 0 Å². The normalized spacial score (nSPS) is 12.7. The minimum Gasteiger partial charge on any atom is -0.507 e. The van der Waals surface area contributed by atoms with Gasteiger partial charge in [-0.1, -0.05) is 6.07 Å². The minimum absolute atomic E-state index is 0.0905. The summed E-state index contributed by atoms with van der Waals surface area (Å²) in [6, 6.07) is 3.23. The van der Waals surface area contributed by atoms with Gasteiger partial charge in [0.1, 0.15) is 5.75 Å². The number of aryl methyl sites for hydroxylation is 2. The van der Waals surface area contributed by atoms with Crippen LogP contribution in [0.4, 0.5) is 0 Å². The largest absolute Gasteiger partial charge is 0.507 e. The van der Waals surface area contributed by atoms with E-state index in [9.17, 15) is 15.0 Å². The van der Waals surface area contributed by atoms with Crippen molar-refractivity contribution in [2.75, 3.05) is 7.11 Å². The molecule has 0 aliphatic heterocycles. The quantitative estimate of drug-likeness (QED) is 0.707. The van der Waals surface area contributed by atoms with E-state index in [-0.39, 0.29) is 11.3 Å². The molecule has 3 N–H and O–H groups in total. The molecule has 1 heterocycles. The number of aliphatic hydroxyl groups excluding tert-OH is 1. The molecule has 2 aromatic rings. The van der Waals surface area contributed by atoms with E-state index >= 15 is 0 Å². The van der Waals surface area contributed by atoms with Gasteiger partial charge in [0, 0.05) is 22.2 Å². The lowest BCUT2D eigenvalue weighted by Crippen LogP contribution is -2.13. The Morgan fingerprint density at radius 3 is 2.67 bits per heavy atom. The number of aromatic hydroxyl groups is 1. The number of aromatic nitrogens is 1. The molecular formula is C13H15NO4. The molecule has 5 heteroatoms. The number of methoxy groups -OCH3 is 1. The predicted octanol–water partition coefficient (Wildman–Crippen LogP) is 1.70. The van der Waals surface area contributed by atoms with Crippen LogP contribution in [-0.4, -0.2) is 28.3 Å². The van der Waals surface area contributed by atoms with E-state index in [1.807, 2.05) is 13.8 Å². The third kappa shape index (κ3) is 1.73. The molecule has 0 amide bonds. The average Bonchev–Trinajstić information content (AvgIpc) is 2.64. The lowest BCUT2D eigenvalue weighted by atomic mass is 10.0. The molecular weight excluding hydrogens is 234 g/mol. The Hall–Kier alpha value is -2.01. The molecule has 18 heavy (non-hydrogen) atoms. The van der Waals surface area contributed by atoms with Gasteiger partial charge in [0.15, 0.2) is 6.10 Å². The van der Waals surface area contributed by atoms with Crippen LogP contribution in [0.15, 0.2) is 12.1 Å². The number of phenolic OH excluding ortho intramolecular Hbond substituents is 1. The summed E-state index contributed by atoms with van der Waals surface area (Å²) < 4.78 is 4.46. The van der Waals surface area contributed by atoms with Gasteiger partial charge in [-0.15, -0.1) is 0 Å². The molecule has 0 saturated carbocycles. The maximum Gasteiger partial charge on any atom is 0.339 e. The standard InChI is InChI=1S/C13H15NO4/c1-6-7(2)14-9-5-4-8(11(15)10(6)9)12(16)13(17)18-3/h4-5,12,14-16H,1-3H3. The second-order valence-electron chi connectivity index (χ2n) is 4.23. The Balaban J connectivity index is 2.64. The lowest BCUT2D eigenvalue weighted by molar-refractivity contribution is -0.150. The molecule has 1 atom stereocenters. The number of hydrogen-bond donors (Lipinski definition) is 3. The molecule has 0 bridgehead atoms. The van der Waals surface area contributed by atoms with Crippen molar-refractivity contribution in [3.05, 3.63) is 29.0 Å². The van der Waals surface area contributed by atoms with Gasteiger partial charge in [-0.2, -0.15) is 0 Å². The maximum absolute atomic E-state index is 11.3. The summed E-state index contributed by atoms with van der Waals surface area (Å²) in [5.74, 6) is -0.887. The maximum atomic E-state index is 11.3. The molecule has 0 aliphatic carbocycles. The monoisotopic (exact) mass is 249 g/mol. The van der Waals surface area contributed by atoms with Crippen LogP contribution in [0.3, 0.4) is 0 Å². The fraction of sp³-hybridized carbons (Fsp3) is 0.308. The summed E-state index contributed by atoms with van der Waals surface area (Å²) in [6.07, 6.45) is -1.48. The first-order valence-electron chi connectivity index (χ1n) is 5.54. The van der Waals surface area contributed by atoms with E-state index in [1.165, 1.54) is 13.2 Å². The number of aromatic amines is 1. The summed E-state index contributed by atoms with van der Waals surface area (Å²) in [4.78, 5) is 14.4. The van der Waals surface area contributed by atoms with Crippen LogP contribution in [0.2, 0.25) is 0 Å². The fourth-order valence-corrected chi connectivity index (χ4v) is 2.03. The highest BCUT2D eigenvalue weighted by molar-refractivity contribution is 5.92. The number of ether oxygens (including phenoxy) is 1. The molecule has 0 fully saturated rings. The van der Waals surface area contributed by atoms with E-state index in [1.54, 1.807) is 6.07 Å². The zero-order valence-electron chi connectivity index (χ0n) is 10.4. The van der Waals surface area contributed by atoms with Crippen LogP contribution >= 0.6 is 0 Å². The van der Waals surface area contributed by atoms with E-state index < -0.39 is 12.1 Å². The summed E-state index contributed by atoms with van der Waals surface area (Å²) in [7, 11) is 1.19.